The van der Waals surface area contributed by atoms with Gasteiger partial charge in [0.2, 0.25) is 0 Å². The first-order valence-electron chi connectivity index (χ1n) is 11.4. The summed E-state index contributed by atoms with van der Waals surface area (Å²) >= 11 is 1.08. The number of nitro groups is 1. The van der Waals surface area contributed by atoms with Gasteiger partial charge in [-0.05, 0) is 51.5 Å². The first-order valence-corrected chi connectivity index (χ1v) is 12.2. The molecule has 37 heavy (non-hydrogen) atoms. The Hall–Kier alpha value is -4.19. The van der Waals surface area contributed by atoms with Gasteiger partial charge in [0.25, 0.3) is 5.56 Å². The Kier molecular flexibility index (Phi) is 7.30. The number of ether oxygens (including phenoxy) is 3. The molecule has 1 atom stereocenters. The largest absolute Gasteiger partial charge is 0.493 e. The van der Waals surface area contributed by atoms with Crippen molar-refractivity contribution < 1.29 is 28.3 Å². The maximum Gasteiger partial charge on any atom is 0.433 e. The number of furan rings is 1. The zero-order chi connectivity index (χ0) is 26.9. The Balaban J connectivity index is 1.93. The molecule has 11 nitrogen and oxygen atoms in total. The van der Waals surface area contributed by atoms with Crippen molar-refractivity contribution >= 4 is 29.3 Å². The number of rotatable bonds is 8. The second kappa shape index (κ2) is 10.4. The van der Waals surface area contributed by atoms with Crippen molar-refractivity contribution in [2.75, 3.05) is 13.7 Å². The lowest BCUT2D eigenvalue weighted by Crippen LogP contribution is -2.40. The van der Waals surface area contributed by atoms with Crippen LogP contribution in [-0.4, -0.2) is 35.3 Å². The molecule has 0 aliphatic carbocycles. The van der Waals surface area contributed by atoms with Crippen molar-refractivity contribution in [3.63, 3.8) is 0 Å². The van der Waals surface area contributed by atoms with E-state index in [2.05, 4.69) is 4.99 Å². The summed E-state index contributed by atoms with van der Waals surface area (Å²) in [5, 5.41) is 11.0. The minimum absolute atomic E-state index is 0.0907. The number of hydrogen-bond donors (Lipinski definition) is 0. The van der Waals surface area contributed by atoms with Crippen LogP contribution in [0.3, 0.4) is 0 Å². The summed E-state index contributed by atoms with van der Waals surface area (Å²) in [4.78, 5) is 41.8. The number of hydrogen-bond acceptors (Lipinski definition) is 10. The minimum atomic E-state index is -0.856. The van der Waals surface area contributed by atoms with Gasteiger partial charge >= 0.3 is 11.9 Å². The molecule has 0 saturated carbocycles. The van der Waals surface area contributed by atoms with Gasteiger partial charge in [0.15, 0.2) is 16.3 Å². The summed E-state index contributed by atoms with van der Waals surface area (Å²) in [5.41, 5.74) is 0.774. The van der Waals surface area contributed by atoms with Crippen molar-refractivity contribution in [1.82, 2.24) is 4.57 Å². The molecule has 0 saturated heterocycles. The number of fused-ring (bicyclic) bond motifs is 1. The molecule has 3 heterocycles. The number of methoxy groups -OCH3 is 1. The van der Waals surface area contributed by atoms with E-state index in [4.69, 9.17) is 18.6 Å². The van der Waals surface area contributed by atoms with Gasteiger partial charge < -0.3 is 18.6 Å². The molecule has 0 fully saturated rings. The molecule has 1 aromatic carbocycles. The molecule has 3 aromatic rings. The van der Waals surface area contributed by atoms with Crippen LogP contribution in [0.1, 0.15) is 45.1 Å². The van der Waals surface area contributed by atoms with Gasteiger partial charge in [0.1, 0.15) is 10.7 Å². The summed E-state index contributed by atoms with van der Waals surface area (Å²) in [6.45, 7) is 7.31. The van der Waals surface area contributed by atoms with E-state index in [-0.39, 0.29) is 28.6 Å². The quantitative estimate of drug-likeness (QED) is 0.248. The lowest BCUT2D eigenvalue weighted by atomic mass is 9.95. The summed E-state index contributed by atoms with van der Waals surface area (Å²) in [6, 6.07) is 6.96. The lowest BCUT2D eigenvalue weighted by molar-refractivity contribution is -0.402. The van der Waals surface area contributed by atoms with E-state index < -0.39 is 28.4 Å². The molecule has 0 bridgehead atoms. The Labute approximate surface area is 215 Å². The number of nitrogens with zero attached hydrogens (tertiary/aromatic N) is 3. The predicted octanol–water partition coefficient (Wildman–Crippen LogP) is 3.10. The average Bonchev–Trinajstić information content (AvgIpc) is 3.43. The maximum atomic E-state index is 13.6. The van der Waals surface area contributed by atoms with Crippen LogP contribution in [0, 0.1) is 10.1 Å². The van der Waals surface area contributed by atoms with E-state index in [0.717, 1.165) is 11.3 Å². The van der Waals surface area contributed by atoms with Crippen LogP contribution in [0.15, 0.2) is 55.8 Å². The molecule has 0 N–H and O–H groups in total. The van der Waals surface area contributed by atoms with E-state index in [1.165, 1.54) is 29.9 Å². The first-order chi connectivity index (χ1) is 17.6. The monoisotopic (exact) mass is 527 g/mol. The topological polar surface area (TPSA) is 135 Å². The van der Waals surface area contributed by atoms with Crippen molar-refractivity contribution in [1.29, 1.82) is 0 Å². The van der Waals surface area contributed by atoms with E-state index >= 15 is 0 Å². The number of carbonyl (C=O) groups excluding carboxylic acids is 1. The van der Waals surface area contributed by atoms with Crippen LogP contribution in [0.4, 0.5) is 5.88 Å². The number of carbonyl (C=O) groups is 1. The van der Waals surface area contributed by atoms with Crippen molar-refractivity contribution in [3.05, 3.63) is 82.7 Å². The van der Waals surface area contributed by atoms with E-state index in [0.29, 0.717) is 27.6 Å². The standard InChI is InChI=1S/C25H25N3O8S/c1-6-34-24(30)21-14(4)26-25-27(22(21)15-7-9-17(35-13(2)3)18(11-15)33-5)23(29)19(37-25)12-16-8-10-20(36-16)28(31)32/h7-13,22H,6H2,1-5H3/b19-12-/t22-/m1/s1. The molecule has 2 aromatic heterocycles. The molecule has 0 amide bonds. The van der Waals surface area contributed by atoms with Crippen LogP contribution < -0.4 is 24.4 Å². The van der Waals surface area contributed by atoms with Crippen LogP contribution >= 0.6 is 11.3 Å². The van der Waals surface area contributed by atoms with Gasteiger partial charge in [-0.1, -0.05) is 17.4 Å². The fourth-order valence-electron chi connectivity index (χ4n) is 3.96. The zero-order valence-electron chi connectivity index (χ0n) is 20.8. The van der Waals surface area contributed by atoms with Gasteiger partial charge in [-0.15, -0.1) is 0 Å². The van der Waals surface area contributed by atoms with Crippen LogP contribution in [-0.2, 0) is 9.53 Å². The van der Waals surface area contributed by atoms with E-state index in [1.807, 2.05) is 13.8 Å². The van der Waals surface area contributed by atoms with Gasteiger partial charge in [-0.2, -0.15) is 0 Å². The summed E-state index contributed by atoms with van der Waals surface area (Å²) in [5.74, 6) is 0.0755. The van der Waals surface area contributed by atoms with Gasteiger partial charge in [-0.25, -0.2) is 9.79 Å². The summed E-state index contributed by atoms with van der Waals surface area (Å²) in [6.07, 6.45) is 1.32. The predicted molar refractivity (Wildman–Crippen MR) is 135 cm³/mol. The fraction of sp³-hybridized carbons (Fsp3) is 0.320. The zero-order valence-corrected chi connectivity index (χ0v) is 21.7. The van der Waals surface area contributed by atoms with Crippen molar-refractivity contribution in [2.45, 2.75) is 39.8 Å². The highest BCUT2D eigenvalue weighted by molar-refractivity contribution is 7.07. The molecular weight excluding hydrogens is 502 g/mol. The van der Waals surface area contributed by atoms with Crippen LogP contribution in [0.25, 0.3) is 6.08 Å². The third-order valence-electron chi connectivity index (χ3n) is 5.45. The van der Waals surface area contributed by atoms with Crippen molar-refractivity contribution in [2.24, 2.45) is 4.99 Å². The van der Waals surface area contributed by atoms with Gasteiger partial charge in [-0.3, -0.25) is 19.5 Å². The second-order valence-corrected chi connectivity index (χ2v) is 9.32. The van der Waals surface area contributed by atoms with Crippen molar-refractivity contribution in [3.8, 4) is 11.5 Å². The van der Waals surface area contributed by atoms with Gasteiger partial charge in [0.05, 0.1) is 47.7 Å². The highest BCUT2D eigenvalue weighted by atomic mass is 32.1. The van der Waals surface area contributed by atoms with Crippen LogP contribution in [0.5, 0.6) is 11.5 Å². The molecule has 194 valence electrons. The number of benzene rings is 1. The third kappa shape index (κ3) is 5.05. The molecule has 0 radical (unpaired) electrons. The molecule has 4 rings (SSSR count). The second-order valence-electron chi connectivity index (χ2n) is 8.31. The molecule has 12 heteroatoms. The number of allylic oxidation sites excluding steroid dienone is 1. The number of esters is 1. The lowest BCUT2D eigenvalue weighted by Gasteiger charge is -2.25. The average molecular weight is 528 g/mol. The first kappa shape index (κ1) is 25.9. The Bertz CT molecular complexity index is 1580. The summed E-state index contributed by atoms with van der Waals surface area (Å²) in [7, 11) is 1.51. The van der Waals surface area contributed by atoms with E-state index in [1.54, 1.807) is 32.0 Å². The molecule has 1 aliphatic rings. The van der Waals surface area contributed by atoms with Crippen LogP contribution in [0.2, 0.25) is 0 Å². The Morgan fingerprint density at radius 3 is 2.68 bits per heavy atom. The molecular formula is C25H25N3O8S. The summed E-state index contributed by atoms with van der Waals surface area (Å²) < 4.78 is 23.5. The normalized spacial score (nSPS) is 15.4. The number of aromatic nitrogens is 1. The maximum absolute atomic E-state index is 13.6. The third-order valence-corrected chi connectivity index (χ3v) is 6.43. The van der Waals surface area contributed by atoms with E-state index in [9.17, 15) is 19.7 Å². The molecule has 0 unspecified atom stereocenters. The highest BCUT2D eigenvalue weighted by Crippen LogP contribution is 2.36. The minimum Gasteiger partial charge on any atom is -0.493 e. The Morgan fingerprint density at radius 2 is 2.05 bits per heavy atom. The molecule has 0 spiro atoms. The fourth-order valence-corrected chi connectivity index (χ4v) is 4.99. The SMILES string of the molecule is CCOC(=O)C1=C(C)N=c2s/c(=C\c3ccc([N+](=O)[O-])o3)c(=O)n2[C@@H]1c1ccc(OC(C)C)c(OC)c1. The van der Waals surface area contributed by atoms with Gasteiger partial charge in [0, 0.05) is 6.08 Å². The molecule has 1 aliphatic heterocycles. The number of thiazole rings is 1. The highest BCUT2D eigenvalue weighted by Gasteiger charge is 2.34. The smallest absolute Gasteiger partial charge is 0.433 e. The Morgan fingerprint density at radius 1 is 1.30 bits per heavy atom.